The van der Waals surface area contributed by atoms with Gasteiger partial charge in [0, 0.05) is 49.1 Å². The molecule has 0 aliphatic carbocycles. The molecule has 0 bridgehead atoms. The van der Waals surface area contributed by atoms with Gasteiger partial charge >= 0.3 is 12.2 Å². The van der Waals surface area contributed by atoms with E-state index in [0.717, 1.165) is 11.3 Å². The lowest BCUT2D eigenvalue weighted by Gasteiger charge is -2.36. The zero-order valence-electron chi connectivity index (χ0n) is 25.8. The molecule has 0 atom stereocenters. The number of ketones is 1. The summed E-state index contributed by atoms with van der Waals surface area (Å²) in [6.07, 6.45) is -1.12. The number of benzene rings is 1. The molecule has 0 radical (unpaired) electrons. The highest BCUT2D eigenvalue weighted by Gasteiger charge is 2.27. The molecule has 2 N–H and O–H groups in total. The summed E-state index contributed by atoms with van der Waals surface area (Å²) in [4.78, 5) is 69.9. The molecule has 1 aromatic carbocycles. The van der Waals surface area contributed by atoms with Gasteiger partial charge in [-0.25, -0.2) is 9.59 Å². The van der Waals surface area contributed by atoms with E-state index in [9.17, 15) is 24.0 Å². The molecule has 0 saturated carbocycles. The summed E-state index contributed by atoms with van der Waals surface area (Å²) in [6.45, 7) is 13.3. The molecule has 1 fully saturated rings. The van der Waals surface area contributed by atoms with Crippen molar-refractivity contribution in [2.45, 2.75) is 59.7 Å². The van der Waals surface area contributed by atoms with Gasteiger partial charge in [-0.05, 0) is 66.7 Å². The summed E-state index contributed by atoms with van der Waals surface area (Å²) in [5.41, 5.74) is -0.572. The van der Waals surface area contributed by atoms with Gasteiger partial charge in [0.05, 0.1) is 0 Å². The topological polar surface area (TPSA) is 165 Å². The highest BCUT2D eigenvalue weighted by atomic mass is 32.1. The average molecular weight is 628 g/mol. The molecule has 3 aromatic rings. The Morgan fingerprint density at radius 1 is 0.932 bits per heavy atom. The van der Waals surface area contributed by atoms with E-state index in [1.54, 1.807) is 42.3 Å². The van der Waals surface area contributed by atoms with E-state index in [0.29, 0.717) is 58.8 Å². The molecule has 1 aliphatic rings. The van der Waals surface area contributed by atoms with E-state index < -0.39 is 28.8 Å². The Morgan fingerprint density at radius 2 is 1.59 bits per heavy atom. The number of Topliss-reactive ketones (excluding diaryl/α,β-unsaturated/α-hetero) is 1. The van der Waals surface area contributed by atoms with Gasteiger partial charge in [-0.2, -0.15) is 14.6 Å². The lowest BCUT2D eigenvalue weighted by atomic mass is 10.1. The number of nitrogens with one attached hydrogen (secondary N) is 2. The van der Waals surface area contributed by atoms with Crippen molar-refractivity contribution in [2.24, 2.45) is 0 Å². The SMILES string of the molecule is CC(=O)c1cc(NC(=O)CNC(=O)OC(C)(C)C)cc(-c2nn3c(N4CCN(C(=O)OC(C)(C)C)CC4)cc(=O)nc3s2)c1. The number of fused-ring (bicyclic) bond motifs is 1. The molecule has 14 nitrogen and oxygen atoms in total. The van der Waals surface area contributed by atoms with E-state index in [1.165, 1.54) is 19.1 Å². The fraction of sp³-hybridized carbons (Fsp3) is 0.483. The maximum Gasteiger partial charge on any atom is 0.410 e. The minimum atomic E-state index is -0.732. The van der Waals surface area contributed by atoms with Crippen LogP contribution in [0.3, 0.4) is 0 Å². The summed E-state index contributed by atoms with van der Waals surface area (Å²) in [5, 5.41) is 10.3. The van der Waals surface area contributed by atoms with E-state index >= 15 is 0 Å². The number of alkyl carbamates (subject to hydrolysis) is 1. The maximum atomic E-state index is 12.6. The van der Waals surface area contributed by atoms with Crippen molar-refractivity contribution in [1.29, 1.82) is 0 Å². The fourth-order valence-corrected chi connectivity index (χ4v) is 5.17. The van der Waals surface area contributed by atoms with Crippen LogP contribution in [0.5, 0.6) is 0 Å². The van der Waals surface area contributed by atoms with Gasteiger partial charge in [0.25, 0.3) is 5.56 Å². The number of aromatic nitrogens is 3. The number of hydrogen-bond donors (Lipinski definition) is 2. The van der Waals surface area contributed by atoms with Crippen molar-refractivity contribution in [3.05, 3.63) is 40.2 Å². The number of rotatable bonds is 6. The smallest absolute Gasteiger partial charge is 0.410 e. The number of piperazine rings is 1. The van der Waals surface area contributed by atoms with Crippen molar-refractivity contribution in [3.8, 4) is 10.6 Å². The van der Waals surface area contributed by atoms with Gasteiger partial charge in [-0.1, -0.05) is 11.3 Å². The Bertz CT molecular complexity index is 1640. The molecule has 2 aromatic heterocycles. The minimum absolute atomic E-state index is 0.230. The molecule has 3 amide bonds. The van der Waals surface area contributed by atoms with Crippen molar-refractivity contribution >= 4 is 51.7 Å². The Hall–Kier alpha value is -4.53. The third-order valence-corrected chi connectivity index (χ3v) is 7.11. The molecule has 1 aliphatic heterocycles. The second kappa shape index (κ2) is 12.6. The van der Waals surface area contributed by atoms with E-state index in [2.05, 4.69) is 15.6 Å². The normalized spacial score (nSPS) is 13.9. The van der Waals surface area contributed by atoms with Crippen molar-refractivity contribution < 1.29 is 28.7 Å². The molecule has 0 spiro atoms. The summed E-state index contributed by atoms with van der Waals surface area (Å²) >= 11 is 1.15. The summed E-state index contributed by atoms with van der Waals surface area (Å²) in [7, 11) is 0. The first-order valence-corrected chi connectivity index (χ1v) is 14.9. The van der Waals surface area contributed by atoms with Crippen molar-refractivity contribution in [3.63, 3.8) is 0 Å². The Labute approximate surface area is 258 Å². The number of carbonyl (C=O) groups excluding carboxylic acids is 4. The van der Waals surface area contributed by atoms with Crippen LogP contribution < -0.4 is 21.1 Å². The second-order valence-corrected chi connectivity index (χ2v) is 13.2. The summed E-state index contributed by atoms with van der Waals surface area (Å²) in [6, 6.07) is 6.22. The zero-order chi connectivity index (χ0) is 32.4. The number of amides is 3. The highest BCUT2D eigenvalue weighted by Crippen LogP contribution is 2.30. The van der Waals surface area contributed by atoms with Gasteiger partial charge in [0.1, 0.15) is 28.6 Å². The number of hydrogen-bond acceptors (Lipinski definition) is 11. The lowest BCUT2D eigenvalue weighted by molar-refractivity contribution is -0.115. The quantitative estimate of drug-likeness (QED) is 0.386. The van der Waals surface area contributed by atoms with Crippen LogP contribution in [0.1, 0.15) is 58.8 Å². The van der Waals surface area contributed by atoms with Crippen LogP contribution in [-0.4, -0.2) is 87.3 Å². The third kappa shape index (κ3) is 8.52. The van der Waals surface area contributed by atoms with Gasteiger partial charge in [0.15, 0.2) is 5.78 Å². The Balaban J connectivity index is 1.56. The lowest BCUT2D eigenvalue weighted by Crippen LogP contribution is -2.50. The molecular weight excluding hydrogens is 590 g/mol. The third-order valence-electron chi connectivity index (χ3n) is 6.15. The van der Waals surface area contributed by atoms with Crippen LogP contribution >= 0.6 is 11.3 Å². The number of anilines is 2. The minimum Gasteiger partial charge on any atom is -0.444 e. The van der Waals surface area contributed by atoms with Crippen LogP contribution in [0.15, 0.2) is 29.1 Å². The predicted octanol–water partition coefficient (Wildman–Crippen LogP) is 3.54. The van der Waals surface area contributed by atoms with Crippen LogP contribution in [0.2, 0.25) is 0 Å². The molecule has 44 heavy (non-hydrogen) atoms. The Kier molecular flexibility index (Phi) is 9.27. The first-order valence-electron chi connectivity index (χ1n) is 14.0. The Morgan fingerprint density at radius 3 is 2.20 bits per heavy atom. The van der Waals surface area contributed by atoms with E-state index in [-0.39, 0.29) is 18.4 Å². The predicted molar refractivity (Wildman–Crippen MR) is 165 cm³/mol. The first kappa shape index (κ1) is 32.4. The molecule has 3 heterocycles. The van der Waals surface area contributed by atoms with Gasteiger partial charge in [-0.3, -0.25) is 14.4 Å². The van der Waals surface area contributed by atoms with Gasteiger partial charge in [0.2, 0.25) is 10.9 Å². The maximum absolute atomic E-state index is 12.6. The van der Waals surface area contributed by atoms with Gasteiger partial charge < -0.3 is 29.9 Å². The highest BCUT2D eigenvalue weighted by molar-refractivity contribution is 7.19. The van der Waals surface area contributed by atoms with Crippen molar-refractivity contribution in [2.75, 3.05) is 42.9 Å². The van der Waals surface area contributed by atoms with Crippen LogP contribution in [0, 0.1) is 0 Å². The molecule has 0 unspecified atom stereocenters. The fourth-order valence-electron chi connectivity index (χ4n) is 4.29. The largest absolute Gasteiger partial charge is 0.444 e. The summed E-state index contributed by atoms with van der Waals surface area (Å²) < 4.78 is 12.2. The van der Waals surface area contributed by atoms with E-state index in [4.69, 9.17) is 14.6 Å². The number of nitrogens with zero attached hydrogens (tertiary/aromatic N) is 5. The number of carbonyl (C=O) groups is 4. The summed E-state index contributed by atoms with van der Waals surface area (Å²) in [5.74, 6) is -0.228. The molecule has 236 valence electrons. The molecule has 1 saturated heterocycles. The standard InChI is InChI=1S/C29H37N7O7S/c1-17(37)18-12-19(14-20(13-18)31-22(39)16-30-26(40)42-28(2,3)4)24-33-36-23(15-21(38)32-25(36)44-24)34-8-10-35(11-9-34)27(41)43-29(5,6)7/h12-15H,8-11,16H2,1-7H3,(H,30,40)(H,31,39). The van der Waals surface area contributed by atoms with Crippen molar-refractivity contribution in [1.82, 2.24) is 24.8 Å². The zero-order valence-corrected chi connectivity index (χ0v) is 26.7. The number of ether oxygens (including phenoxy) is 2. The molecular formula is C29H37N7O7S. The van der Waals surface area contributed by atoms with Crippen LogP contribution in [0.25, 0.3) is 15.5 Å². The average Bonchev–Trinajstić information content (AvgIpc) is 3.33. The molecule has 15 heteroatoms. The van der Waals surface area contributed by atoms with Gasteiger partial charge in [-0.15, -0.1) is 0 Å². The van der Waals surface area contributed by atoms with Crippen LogP contribution in [0.4, 0.5) is 21.1 Å². The van der Waals surface area contributed by atoms with Crippen LogP contribution in [-0.2, 0) is 14.3 Å². The monoisotopic (exact) mass is 627 g/mol. The van der Waals surface area contributed by atoms with E-state index in [1.807, 2.05) is 25.7 Å². The first-order chi connectivity index (χ1) is 20.5. The second-order valence-electron chi connectivity index (χ2n) is 12.3. The molecule has 4 rings (SSSR count).